The summed E-state index contributed by atoms with van der Waals surface area (Å²) in [5.74, 6) is 0.496. The van der Waals surface area contributed by atoms with Crippen LogP contribution in [0.1, 0.15) is 40.6 Å². The first-order valence-electron chi connectivity index (χ1n) is 10.7. The average molecular weight is 465 g/mol. The van der Waals surface area contributed by atoms with Gasteiger partial charge in [0, 0.05) is 16.6 Å². The summed E-state index contributed by atoms with van der Waals surface area (Å²) in [4.78, 5) is 0.282. The Morgan fingerprint density at radius 1 is 1.00 bits per heavy atom. The molecule has 0 spiro atoms. The first-order valence-corrected chi connectivity index (χ1v) is 12.6. The molecule has 1 heterocycles. The number of para-hydroxylation sites is 1. The molecule has 0 fully saturated rings. The van der Waals surface area contributed by atoms with Crippen molar-refractivity contribution in [1.29, 1.82) is 0 Å². The number of rotatable bonds is 4. The highest BCUT2D eigenvalue weighted by atomic mass is 35.5. The fourth-order valence-electron chi connectivity index (χ4n) is 4.91. The molecule has 164 valence electrons. The van der Waals surface area contributed by atoms with E-state index in [0.29, 0.717) is 11.6 Å². The van der Waals surface area contributed by atoms with Gasteiger partial charge >= 0.3 is 0 Å². The molecule has 1 aliphatic heterocycles. The van der Waals surface area contributed by atoms with E-state index in [1.807, 2.05) is 56.3 Å². The van der Waals surface area contributed by atoms with Crippen LogP contribution < -0.4 is 10.0 Å². The van der Waals surface area contributed by atoms with E-state index in [1.54, 1.807) is 6.07 Å². The topological polar surface area (TPSA) is 58.2 Å². The lowest BCUT2D eigenvalue weighted by atomic mass is 9.77. The van der Waals surface area contributed by atoms with E-state index in [4.69, 9.17) is 11.6 Å². The molecule has 6 heteroatoms. The molecule has 3 aromatic rings. The maximum atomic E-state index is 13.2. The smallest absolute Gasteiger partial charge is 0.261 e. The standard InChI is InChI=1S/C26H25ClN2O2S/c1-16-5-3-6-17(2)25(16)29-32(30,31)20-13-14-24-23(15-20)21-7-4-8-22(21)26(28-24)18-9-11-19(27)12-10-18/h3-7,9-15,21-22,26,28-29H,8H2,1-2H3/t21-,22+,26-/m1/s1. The van der Waals surface area contributed by atoms with Crippen molar-refractivity contribution in [3.8, 4) is 0 Å². The maximum absolute atomic E-state index is 13.2. The lowest BCUT2D eigenvalue weighted by Gasteiger charge is -2.37. The van der Waals surface area contributed by atoms with Gasteiger partial charge in [-0.05, 0) is 78.8 Å². The second-order valence-corrected chi connectivity index (χ2v) is 10.8. The number of anilines is 2. The molecular formula is C26H25ClN2O2S. The summed E-state index contributed by atoms with van der Waals surface area (Å²) in [6.07, 6.45) is 5.36. The van der Waals surface area contributed by atoms with Crippen LogP contribution in [-0.2, 0) is 10.0 Å². The number of nitrogens with one attached hydrogen (secondary N) is 2. The zero-order chi connectivity index (χ0) is 22.5. The minimum Gasteiger partial charge on any atom is -0.378 e. The van der Waals surface area contributed by atoms with E-state index in [-0.39, 0.29) is 16.9 Å². The Morgan fingerprint density at radius 3 is 2.44 bits per heavy atom. The zero-order valence-corrected chi connectivity index (χ0v) is 19.5. The van der Waals surface area contributed by atoms with Gasteiger partial charge in [0.15, 0.2) is 0 Å². The van der Waals surface area contributed by atoms with Gasteiger partial charge in [-0.15, -0.1) is 0 Å². The SMILES string of the molecule is Cc1cccc(C)c1NS(=O)(=O)c1ccc2c(c1)[C@@H]1C=CC[C@@H]1[C@@H](c1ccc(Cl)cc1)N2. The van der Waals surface area contributed by atoms with Crippen LogP contribution in [0.15, 0.2) is 77.7 Å². The van der Waals surface area contributed by atoms with E-state index in [2.05, 4.69) is 34.3 Å². The first kappa shape index (κ1) is 21.1. The minimum atomic E-state index is -3.71. The highest BCUT2D eigenvalue weighted by Crippen LogP contribution is 2.50. The van der Waals surface area contributed by atoms with Crippen LogP contribution in [0.25, 0.3) is 0 Å². The third-order valence-corrected chi connectivity index (χ3v) is 8.19. The van der Waals surface area contributed by atoms with Crippen LogP contribution in [0.3, 0.4) is 0 Å². The van der Waals surface area contributed by atoms with Gasteiger partial charge in [0.1, 0.15) is 0 Å². The molecular weight excluding hydrogens is 440 g/mol. The lowest BCUT2D eigenvalue weighted by molar-refractivity contribution is 0.425. The van der Waals surface area contributed by atoms with Crippen molar-refractivity contribution in [2.24, 2.45) is 5.92 Å². The van der Waals surface area contributed by atoms with Crippen molar-refractivity contribution in [2.45, 2.75) is 37.1 Å². The van der Waals surface area contributed by atoms with Gasteiger partial charge in [0.2, 0.25) is 0 Å². The molecule has 2 N–H and O–H groups in total. The molecule has 2 aliphatic rings. The summed E-state index contributed by atoms with van der Waals surface area (Å²) in [7, 11) is -3.71. The van der Waals surface area contributed by atoms with E-state index in [0.717, 1.165) is 33.8 Å². The number of aryl methyl sites for hydroxylation is 2. The number of hydrogen-bond donors (Lipinski definition) is 2. The van der Waals surface area contributed by atoms with Crippen molar-refractivity contribution in [3.63, 3.8) is 0 Å². The van der Waals surface area contributed by atoms with Gasteiger partial charge in [0.05, 0.1) is 16.6 Å². The summed E-state index contributed by atoms with van der Waals surface area (Å²) < 4.78 is 29.3. The number of halogens is 1. The van der Waals surface area contributed by atoms with E-state index < -0.39 is 10.0 Å². The molecule has 1 aliphatic carbocycles. The molecule has 0 radical (unpaired) electrons. The second kappa shape index (κ2) is 7.98. The van der Waals surface area contributed by atoms with E-state index >= 15 is 0 Å². The van der Waals surface area contributed by atoms with Crippen LogP contribution in [0.2, 0.25) is 5.02 Å². The molecule has 3 atom stereocenters. The normalized spacial score (nSPS) is 21.5. The Hall–Kier alpha value is -2.76. The van der Waals surface area contributed by atoms with Crippen molar-refractivity contribution in [3.05, 3.63) is 100 Å². The van der Waals surface area contributed by atoms with E-state index in [9.17, 15) is 8.42 Å². The monoisotopic (exact) mass is 464 g/mol. The molecule has 0 bridgehead atoms. The Labute approximate surface area is 194 Å². The molecule has 0 saturated carbocycles. The molecule has 3 aromatic carbocycles. The summed E-state index contributed by atoms with van der Waals surface area (Å²) in [5, 5.41) is 4.37. The van der Waals surface area contributed by atoms with E-state index in [1.165, 1.54) is 5.56 Å². The molecule has 32 heavy (non-hydrogen) atoms. The predicted molar refractivity (Wildman–Crippen MR) is 131 cm³/mol. The van der Waals surface area contributed by atoms with Crippen molar-refractivity contribution < 1.29 is 8.42 Å². The highest BCUT2D eigenvalue weighted by molar-refractivity contribution is 7.92. The Kier molecular flexibility index (Phi) is 5.26. The third-order valence-electron chi connectivity index (χ3n) is 6.59. The van der Waals surface area contributed by atoms with Crippen molar-refractivity contribution >= 4 is 33.0 Å². The van der Waals surface area contributed by atoms with Crippen molar-refractivity contribution in [2.75, 3.05) is 10.0 Å². The summed E-state index contributed by atoms with van der Waals surface area (Å²) in [5.41, 5.74) is 5.63. The van der Waals surface area contributed by atoms with Gasteiger partial charge in [-0.2, -0.15) is 0 Å². The largest absolute Gasteiger partial charge is 0.378 e. The Balaban J connectivity index is 1.50. The molecule has 0 aromatic heterocycles. The van der Waals surface area contributed by atoms with Crippen LogP contribution in [0.5, 0.6) is 0 Å². The number of benzene rings is 3. The first-order chi connectivity index (χ1) is 15.3. The fraction of sp³-hybridized carbons (Fsp3) is 0.231. The van der Waals surface area contributed by atoms with Gasteiger partial charge in [-0.25, -0.2) is 8.42 Å². The number of allylic oxidation sites excluding steroid dienone is 2. The van der Waals surface area contributed by atoms with Gasteiger partial charge in [-0.1, -0.05) is 54.1 Å². The number of sulfonamides is 1. The van der Waals surface area contributed by atoms with Crippen LogP contribution >= 0.6 is 11.6 Å². The van der Waals surface area contributed by atoms with Crippen LogP contribution in [0, 0.1) is 19.8 Å². The average Bonchev–Trinajstić information content (AvgIpc) is 3.26. The number of hydrogen-bond acceptors (Lipinski definition) is 3. The molecule has 4 nitrogen and oxygen atoms in total. The summed E-state index contributed by atoms with van der Waals surface area (Å²) in [6.45, 7) is 3.82. The van der Waals surface area contributed by atoms with Crippen LogP contribution in [0.4, 0.5) is 11.4 Å². The third kappa shape index (κ3) is 3.70. The quantitative estimate of drug-likeness (QED) is 0.428. The van der Waals surface area contributed by atoms with Gasteiger partial charge in [0.25, 0.3) is 10.0 Å². The predicted octanol–water partition coefficient (Wildman–Crippen LogP) is 6.58. The summed E-state index contributed by atoms with van der Waals surface area (Å²) >= 11 is 6.08. The fourth-order valence-corrected chi connectivity index (χ4v) is 6.27. The zero-order valence-electron chi connectivity index (χ0n) is 18.0. The maximum Gasteiger partial charge on any atom is 0.261 e. The summed E-state index contributed by atoms with van der Waals surface area (Å²) in [6, 6.07) is 19.2. The minimum absolute atomic E-state index is 0.148. The van der Waals surface area contributed by atoms with Crippen LogP contribution in [-0.4, -0.2) is 8.42 Å². The molecule has 5 rings (SSSR count). The molecule has 0 amide bonds. The lowest BCUT2D eigenvalue weighted by Crippen LogP contribution is -2.29. The highest BCUT2D eigenvalue weighted by Gasteiger charge is 2.38. The Morgan fingerprint density at radius 2 is 1.72 bits per heavy atom. The second-order valence-electron chi connectivity index (χ2n) is 8.65. The number of fused-ring (bicyclic) bond motifs is 3. The van der Waals surface area contributed by atoms with Crippen molar-refractivity contribution in [1.82, 2.24) is 0 Å². The molecule has 0 saturated heterocycles. The van der Waals surface area contributed by atoms with Gasteiger partial charge in [-0.3, -0.25) is 4.72 Å². The van der Waals surface area contributed by atoms with Gasteiger partial charge < -0.3 is 5.32 Å². The molecule has 0 unspecified atom stereocenters. The Bertz CT molecular complexity index is 1300.